The number of nitrogens with one attached hydrogen (secondary N) is 1. The van der Waals surface area contributed by atoms with Gasteiger partial charge in [-0.2, -0.15) is 5.10 Å². The first-order valence-electron chi connectivity index (χ1n) is 8.87. The molecule has 0 saturated heterocycles. The summed E-state index contributed by atoms with van der Waals surface area (Å²) in [6, 6.07) is 16.6. The molecule has 0 atom stereocenters. The van der Waals surface area contributed by atoms with Crippen molar-refractivity contribution in [1.82, 2.24) is 9.78 Å². The summed E-state index contributed by atoms with van der Waals surface area (Å²) in [5.74, 6) is 1.13. The first-order valence-corrected chi connectivity index (χ1v) is 9.25. The third-order valence-corrected chi connectivity index (χ3v) is 5.06. The van der Waals surface area contributed by atoms with Crippen LogP contribution in [-0.2, 0) is 12.8 Å². The molecule has 2 heterocycles. The number of benzene rings is 2. The molecule has 1 aliphatic heterocycles. The monoisotopic (exact) mass is 351 g/mol. The molecule has 0 aliphatic carbocycles. The van der Waals surface area contributed by atoms with Crippen LogP contribution in [0.1, 0.15) is 35.2 Å². The number of rotatable bonds is 3. The Morgan fingerprint density at radius 3 is 2.80 bits per heavy atom. The van der Waals surface area contributed by atoms with E-state index < -0.39 is 0 Å². The summed E-state index contributed by atoms with van der Waals surface area (Å²) in [5, 5.41) is 9.34. The summed E-state index contributed by atoms with van der Waals surface area (Å²) in [6.45, 7) is 3.09. The Morgan fingerprint density at radius 1 is 1.12 bits per heavy atom. The van der Waals surface area contributed by atoms with Crippen molar-refractivity contribution in [2.45, 2.75) is 32.6 Å². The van der Waals surface area contributed by atoms with Crippen molar-refractivity contribution in [1.29, 1.82) is 0 Å². The molecule has 25 heavy (non-hydrogen) atoms. The maximum atomic E-state index is 6.26. The highest BCUT2D eigenvalue weighted by atomic mass is 35.5. The van der Waals surface area contributed by atoms with E-state index in [4.69, 9.17) is 16.7 Å². The second-order valence-corrected chi connectivity index (χ2v) is 7.10. The Kier molecular flexibility index (Phi) is 4.50. The van der Waals surface area contributed by atoms with Crippen molar-refractivity contribution in [3.8, 4) is 5.69 Å². The minimum absolute atomic E-state index is 0.739. The normalized spacial score (nSPS) is 13.8. The topological polar surface area (TPSA) is 29.9 Å². The number of aromatic nitrogens is 2. The smallest absolute Gasteiger partial charge is 0.133 e. The van der Waals surface area contributed by atoms with Crippen LogP contribution in [0, 0.1) is 6.92 Å². The van der Waals surface area contributed by atoms with Crippen LogP contribution in [0.25, 0.3) is 5.69 Å². The van der Waals surface area contributed by atoms with Gasteiger partial charge in [0.15, 0.2) is 0 Å². The Labute approximate surface area is 153 Å². The minimum Gasteiger partial charge on any atom is -0.370 e. The van der Waals surface area contributed by atoms with E-state index in [0.717, 1.165) is 41.6 Å². The molecule has 0 saturated carbocycles. The van der Waals surface area contributed by atoms with Crippen LogP contribution in [0.4, 0.5) is 5.82 Å². The SMILES string of the molecule is Cc1ccc(Cl)cc1-n1nc(Cc2ccccc2)c2c1NCCCC2. The molecule has 0 unspecified atom stereocenters. The molecule has 1 aromatic heterocycles. The summed E-state index contributed by atoms with van der Waals surface area (Å²) in [6.07, 6.45) is 4.32. The fourth-order valence-electron chi connectivity index (χ4n) is 3.49. The van der Waals surface area contributed by atoms with Gasteiger partial charge in [0.25, 0.3) is 0 Å². The van der Waals surface area contributed by atoms with Crippen LogP contribution in [0.15, 0.2) is 48.5 Å². The molecule has 4 heteroatoms. The highest BCUT2D eigenvalue weighted by molar-refractivity contribution is 6.30. The van der Waals surface area contributed by atoms with Crippen LogP contribution in [-0.4, -0.2) is 16.3 Å². The van der Waals surface area contributed by atoms with Crippen LogP contribution in [0.3, 0.4) is 0 Å². The first-order chi connectivity index (χ1) is 12.2. The lowest BCUT2D eigenvalue weighted by molar-refractivity contribution is 0.767. The molecular formula is C21H22ClN3. The van der Waals surface area contributed by atoms with E-state index in [1.165, 1.54) is 29.5 Å². The van der Waals surface area contributed by atoms with Gasteiger partial charge < -0.3 is 5.32 Å². The molecular weight excluding hydrogens is 330 g/mol. The number of hydrogen-bond donors (Lipinski definition) is 1. The van der Waals surface area contributed by atoms with Crippen molar-refractivity contribution in [3.05, 3.63) is 75.9 Å². The van der Waals surface area contributed by atoms with Crippen LogP contribution >= 0.6 is 11.6 Å². The molecule has 0 radical (unpaired) electrons. The van der Waals surface area contributed by atoms with Gasteiger partial charge >= 0.3 is 0 Å². The van der Waals surface area contributed by atoms with E-state index in [-0.39, 0.29) is 0 Å². The van der Waals surface area contributed by atoms with Gasteiger partial charge in [-0.05, 0) is 49.4 Å². The number of fused-ring (bicyclic) bond motifs is 1. The van der Waals surface area contributed by atoms with Gasteiger partial charge in [-0.1, -0.05) is 48.0 Å². The molecule has 0 amide bonds. The maximum Gasteiger partial charge on any atom is 0.133 e. The predicted octanol–water partition coefficient (Wildman–Crippen LogP) is 5.17. The van der Waals surface area contributed by atoms with E-state index >= 15 is 0 Å². The molecule has 2 aromatic carbocycles. The minimum atomic E-state index is 0.739. The van der Waals surface area contributed by atoms with Crippen molar-refractivity contribution < 1.29 is 0 Å². The van der Waals surface area contributed by atoms with E-state index in [1.54, 1.807) is 0 Å². The summed E-state index contributed by atoms with van der Waals surface area (Å²) >= 11 is 6.26. The quantitative estimate of drug-likeness (QED) is 0.705. The molecule has 1 aliphatic rings. The summed E-state index contributed by atoms with van der Waals surface area (Å²) in [4.78, 5) is 0. The van der Waals surface area contributed by atoms with Gasteiger partial charge in [-0.3, -0.25) is 0 Å². The summed E-state index contributed by atoms with van der Waals surface area (Å²) in [5.41, 5.74) is 6.03. The molecule has 1 N–H and O–H groups in total. The van der Waals surface area contributed by atoms with Gasteiger partial charge in [0.2, 0.25) is 0 Å². The average molecular weight is 352 g/mol. The standard InChI is InChI=1S/C21H22ClN3/c1-15-10-11-17(22)14-20(15)25-21-18(9-5-6-12-23-21)19(24-25)13-16-7-3-2-4-8-16/h2-4,7-8,10-11,14,23H,5-6,9,12-13H2,1H3. The Morgan fingerprint density at radius 2 is 1.96 bits per heavy atom. The molecule has 0 spiro atoms. The van der Waals surface area contributed by atoms with Gasteiger partial charge in [0.05, 0.1) is 11.4 Å². The van der Waals surface area contributed by atoms with Crippen molar-refractivity contribution in [2.24, 2.45) is 0 Å². The zero-order chi connectivity index (χ0) is 17.2. The van der Waals surface area contributed by atoms with Crippen LogP contribution in [0.5, 0.6) is 0 Å². The molecule has 4 rings (SSSR count). The highest BCUT2D eigenvalue weighted by Gasteiger charge is 2.21. The molecule has 128 valence electrons. The lowest BCUT2D eigenvalue weighted by Crippen LogP contribution is -2.08. The van der Waals surface area contributed by atoms with Crippen LogP contribution in [0.2, 0.25) is 5.02 Å². The van der Waals surface area contributed by atoms with Gasteiger partial charge in [-0.15, -0.1) is 0 Å². The van der Waals surface area contributed by atoms with Gasteiger partial charge in [0.1, 0.15) is 5.82 Å². The van der Waals surface area contributed by atoms with E-state index in [2.05, 4.69) is 53.3 Å². The number of nitrogens with zero attached hydrogens (tertiary/aromatic N) is 2. The summed E-state index contributed by atoms with van der Waals surface area (Å²) in [7, 11) is 0. The van der Waals surface area contributed by atoms with Crippen molar-refractivity contribution in [3.63, 3.8) is 0 Å². The number of anilines is 1. The fraction of sp³-hybridized carbons (Fsp3) is 0.286. The fourth-order valence-corrected chi connectivity index (χ4v) is 3.66. The zero-order valence-electron chi connectivity index (χ0n) is 14.4. The Balaban J connectivity index is 1.83. The third kappa shape index (κ3) is 3.29. The van der Waals surface area contributed by atoms with Crippen molar-refractivity contribution in [2.75, 3.05) is 11.9 Å². The van der Waals surface area contributed by atoms with E-state index in [9.17, 15) is 0 Å². The number of hydrogen-bond acceptors (Lipinski definition) is 2. The Bertz CT molecular complexity index is 884. The summed E-state index contributed by atoms with van der Waals surface area (Å²) < 4.78 is 2.06. The predicted molar refractivity (Wildman–Crippen MR) is 104 cm³/mol. The van der Waals surface area contributed by atoms with Gasteiger partial charge in [0, 0.05) is 23.6 Å². The lowest BCUT2D eigenvalue weighted by Gasteiger charge is -2.12. The number of halogens is 1. The second-order valence-electron chi connectivity index (χ2n) is 6.66. The molecule has 0 fully saturated rings. The molecule has 0 bridgehead atoms. The Hall–Kier alpha value is -2.26. The zero-order valence-corrected chi connectivity index (χ0v) is 15.2. The molecule has 3 nitrogen and oxygen atoms in total. The second kappa shape index (κ2) is 6.93. The van der Waals surface area contributed by atoms with Crippen LogP contribution < -0.4 is 5.32 Å². The average Bonchev–Trinajstić information content (AvgIpc) is 2.80. The molecule has 3 aromatic rings. The lowest BCUT2D eigenvalue weighted by atomic mass is 10.0. The van der Waals surface area contributed by atoms with Gasteiger partial charge in [-0.25, -0.2) is 4.68 Å². The maximum absolute atomic E-state index is 6.26. The van der Waals surface area contributed by atoms with Crippen molar-refractivity contribution >= 4 is 17.4 Å². The van der Waals surface area contributed by atoms with E-state index in [0.29, 0.717) is 0 Å². The third-order valence-electron chi connectivity index (χ3n) is 4.83. The highest BCUT2D eigenvalue weighted by Crippen LogP contribution is 2.31. The first kappa shape index (κ1) is 16.2. The largest absolute Gasteiger partial charge is 0.370 e. The number of aryl methyl sites for hydroxylation is 1. The van der Waals surface area contributed by atoms with E-state index in [1.807, 2.05) is 12.1 Å².